The van der Waals surface area contributed by atoms with Crippen LogP contribution in [0.4, 0.5) is 0 Å². The van der Waals surface area contributed by atoms with Crippen molar-refractivity contribution >= 4 is 45.0 Å². The number of benzene rings is 1. The normalized spacial score (nSPS) is 12.8. The van der Waals surface area contributed by atoms with Crippen molar-refractivity contribution in [3.8, 4) is 11.6 Å². The summed E-state index contributed by atoms with van der Waals surface area (Å²) in [6.45, 7) is 7.86. The van der Waals surface area contributed by atoms with E-state index >= 15 is 0 Å². The van der Waals surface area contributed by atoms with Gasteiger partial charge in [-0.15, -0.1) is 11.3 Å². The number of hydrogen-bond acceptors (Lipinski definition) is 5. The molecular weight excluding hydrogens is 392 g/mol. The van der Waals surface area contributed by atoms with E-state index in [9.17, 15) is 4.79 Å². The maximum Gasteiger partial charge on any atom is 0.219 e. The molecule has 0 saturated carbocycles. The van der Waals surface area contributed by atoms with Crippen molar-refractivity contribution < 1.29 is 9.53 Å². The number of halogens is 1. The molecule has 3 rings (SSSR count). The molecule has 2 aromatic heterocycles. The van der Waals surface area contributed by atoms with Crippen LogP contribution < -0.4 is 4.74 Å². The van der Waals surface area contributed by atoms with Gasteiger partial charge in [0, 0.05) is 24.6 Å². The zero-order valence-corrected chi connectivity index (χ0v) is 18.0. The molecule has 0 aliphatic heterocycles. The van der Waals surface area contributed by atoms with Gasteiger partial charge in [0.2, 0.25) is 5.88 Å². The van der Waals surface area contributed by atoms with Crippen LogP contribution in [0.1, 0.15) is 50.6 Å². The molecule has 0 radical (unpaired) electrons. The SMILES string of the molecule is CC(=O)C[C@@H](C)/C=C/c1ccc(Oc2ccc3nc(C(C)C)sc3c2Cl)nc1. The summed E-state index contributed by atoms with van der Waals surface area (Å²) < 4.78 is 6.82. The standard InChI is InChI=1S/C22H23ClN2O2S/c1-13(2)22-25-17-8-9-18(20(23)21(17)28-22)27-19-10-7-16(12-24-19)6-5-14(3)11-15(4)26/h5-10,12-14H,11H2,1-4H3/b6-5+/t14-/m0/s1. The summed E-state index contributed by atoms with van der Waals surface area (Å²) in [5.41, 5.74) is 1.84. The van der Waals surface area contributed by atoms with Crippen LogP contribution in [0.25, 0.3) is 16.3 Å². The third-order valence-corrected chi connectivity index (χ3v) is 6.05. The summed E-state index contributed by atoms with van der Waals surface area (Å²) in [4.78, 5) is 20.1. The summed E-state index contributed by atoms with van der Waals surface area (Å²) in [6, 6.07) is 7.48. The lowest BCUT2D eigenvalue weighted by Crippen LogP contribution is -1.97. The largest absolute Gasteiger partial charge is 0.437 e. The molecular formula is C22H23ClN2O2S. The quantitative estimate of drug-likeness (QED) is 0.422. The number of thiazole rings is 1. The highest BCUT2D eigenvalue weighted by atomic mass is 35.5. The molecule has 3 aromatic rings. The minimum Gasteiger partial charge on any atom is -0.437 e. The molecule has 0 unspecified atom stereocenters. The lowest BCUT2D eigenvalue weighted by Gasteiger charge is -2.07. The van der Waals surface area contributed by atoms with Crippen molar-refractivity contribution in [3.05, 3.63) is 52.1 Å². The van der Waals surface area contributed by atoms with Crippen LogP contribution in [0.3, 0.4) is 0 Å². The van der Waals surface area contributed by atoms with Gasteiger partial charge in [-0.2, -0.15) is 0 Å². The van der Waals surface area contributed by atoms with Gasteiger partial charge in [0.1, 0.15) is 16.6 Å². The number of ether oxygens (including phenoxy) is 1. The summed E-state index contributed by atoms with van der Waals surface area (Å²) in [7, 11) is 0. The van der Waals surface area contributed by atoms with Gasteiger partial charge in [0.25, 0.3) is 0 Å². The second-order valence-electron chi connectivity index (χ2n) is 7.21. The number of carbonyl (C=O) groups excluding carboxylic acids is 1. The molecule has 0 bridgehead atoms. The highest BCUT2D eigenvalue weighted by Gasteiger charge is 2.14. The number of hydrogen-bond donors (Lipinski definition) is 0. The maximum atomic E-state index is 11.2. The molecule has 0 spiro atoms. The maximum absolute atomic E-state index is 11.2. The fourth-order valence-corrected chi connectivity index (χ4v) is 4.06. The van der Waals surface area contributed by atoms with Crippen molar-refractivity contribution in [1.29, 1.82) is 0 Å². The fraction of sp³-hybridized carbons (Fsp3) is 0.318. The first-order valence-corrected chi connectivity index (χ1v) is 10.4. The van der Waals surface area contributed by atoms with Gasteiger partial charge < -0.3 is 9.53 Å². The first-order chi connectivity index (χ1) is 13.3. The third kappa shape index (κ3) is 4.97. The van der Waals surface area contributed by atoms with E-state index < -0.39 is 0 Å². The van der Waals surface area contributed by atoms with Gasteiger partial charge >= 0.3 is 0 Å². The van der Waals surface area contributed by atoms with Crippen molar-refractivity contribution in [2.24, 2.45) is 5.92 Å². The number of rotatable bonds is 7. The van der Waals surface area contributed by atoms with Gasteiger partial charge in [0.05, 0.1) is 15.2 Å². The predicted molar refractivity (Wildman–Crippen MR) is 117 cm³/mol. The Morgan fingerprint density at radius 1 is 1.25 bits per heavy atom. The molecule has 1 atom stereocenters. The van der Waals surface area contributed by atoms with Gasteiger partial charge in [0.15, 0.2) is 0 Å². The van der Waals surface area contributed by atoms with Gasteiger partial charge in [-0.05, 0) is 36.6 Å². The Kier molecular flexibility index (Phi) is 6.47. The molecule has 4 nitrogen and oxygen atoms in total. The molecule has 0 amide bonds. The second kappa shape index (κ2) is 8.84. The monoisotopic (exact) mass is 414 g/mol. The van der Waals surface area contributed by atoms with E-state index in [1.54, 1.807) is 24.5 Å². The van der Waals surface area contributed by atoms with E-state index in [0.717, 1.165) is 20.8 Å². The third-order valence-electron chi connectivity index (χ3n) is 4.17. The number of pyridine rings is 1. The summed E-state index contributed by atoms with van der Waals surface area (Å²) in [5, 5.41) is 1.62. The Hall–Kier alpha value is -2.24. The average Bonchev–Trinajstić information content (AvgIpc) is 3.08. The van der Waals surface area contributed by atoms with Gasteiger partial charge in [-0.3, -0.25) is 0 Å². The molecule has 1 aromatic carbocycles. The number of ketones is 1. The molecule has 0 fully saturated rings. The number of allylic oxidation sites excluding steroid dienone is 1. The summed E-state index contributed by atoms with van der Waals surface area (Å²) in [6.07, 6.45) is 6.26. The van der Waals surface area contributed by atoms with Gasteiger partial charge in [-0.1, -0.05) is 44.5 Å². The molecule has 0 aliphatic rings. The van der Waals surface area contributed by atoms with Crippen molar-refractivity contribution in [1.82, 2.24) is 9.97 Å². The Morgan fingerprint density at radius 2 is 2.04 bits per heavy atom. The highest BCUT2D eigenvalue weighted by Crippen LogP contribution is 2.39. The first kappa shape index (κ1) is 20.5. The predicted octanol–water partition coefficient (Wildman–Crippen LogP) is 6.89. The molecule has 0 saturated heterocycles. The number of aromatic nitrogens is 2. The molecule has 146 valence electrons. The number of Topliss-reactive ketones (excluding diaryl/α,β-unsaturated/α-hetero) is 1. The number of carbonyl (C=O) groups is 1. The minimum atomic E-state index is 0.189. The first-order valence-electron chi connectivity index (χ1n) is 9.24. The van der Waals surface area contributed by atoms with E-state index in [1.165, 1.54) is 0 Å². The van der Waals surface area contributed by atoms with E-state index in [2.05, 4.69) is 23.8 Å². The summed E-state index contributed by atoms with van der Waals surface area (Å²) in [5.74, 6) is 1.80. The molecule has 2 heterocycles. The zero-order chi connectivity index (χ0) is 20.3. The Morgan fingerprint density at radius 3 is 2.68 bits per heavy atom. The van der Waals surface area contributed by atoms with Crippen LogP contribution in [-0.2, 0) is 4.79 Å². The summed E-state index contributed by atoms with van der Waals surface area (Å²) >= 11 is 8.14. The lowest BCUT2D eigenvalue weighted by molar-refractivity contribution is -0.117. The van der Waals surface area contributed by atoms with Crippen LogP contribution in [0, 0.1) is 5.92 Å². The van der Waals surface area contributed by atoms with Crippen LogP contribution in [0.15, 0.2) is 36.5 Å². The highest BCUT2D eigenvalue weighted by molar-refractivity contribution is 7.19. The molecule has 0 aliphatic carbocycles. The Bertz CT molecular complexity index is 1010. The van der Waals surface area contributed by atoms with Crippen LogP contribution >= 0.6 is 22.9 Å². The lowest BCUT2D eigenvalue weighted by atomic mass is 10.0. The number of nitrogens with zero attached hydrogens (tertiary/aromatic N) is 2. The van der Waals surface area contributed by atoms with Crippen molar-refractivity contribution in [3.63, 3.8) is 0 Å². The molecule has 28 heavy (non-hydrogen) atoms. The topological polar surface area (TPSA) is 52.1 Å². The average molecular weight is 415 g/mol. The van der Waals surface area contributed by atoms with E-state index in [0.29, 0.717) is 29.0 Å². The molecule has 6 heteroatoms. The zero-order valence-electron chi connectivity index (χ0n) is 16.4. The van der Waals surface area contributed by atoms with Gasteiger partial charge in [-0.25, -0.2) is 9.97 Å². The van der Waals surface area contributed by atoms with Crippen molar-refractivity contribution in [2.75, 3.05) is 0 Å². The fourth-order valence-electron chi connectivity index (χ4n) is 2.75. The Labute approximate surface area is 174 Å². The smallest absolute Gasteiger partial charge is 0.219 e. The van der Waals surface area contributed by atoms with Crippen LogP contribution in [0.5, 0.6) is 11.6 Å². The minimum absolute atomic E-state index is 0.189. The molecule has 0 N–H and O–H groups in total. The number of fused-ring (bicyclic) bond motifs is 1. The van der Waals surface area contributed by atoms with Crippen molar-refractivity contribution in [2.45, 2.75) is 40.0 Å². The van der Waals surface area contributed by atoms with E-state index in [1.807, 2.05) is 43.3 Å². The van der Waals surface area contributed by atoms with E-state index in [4.69, 9.17) is 16.3 Å². The second-order valence-corrected chi connectivity index (χ2v) is 8.62. The van der Waals surface area contributed by atoms with E-state index in [-0.39, 0.29) is 11.7 Å². The Balaban J connectivity index is 1.74. The van der Waals surface area contributed by atoms with Crippen LogP contribution in [-0.4, -0.2) is 15.8 Å². The van der Waals surface area contributed by atoms with Crippen LogP contribution in [0.2, 0.25) is 5.02 Å².